The average molecular weight is 284 g/mol. The number of pyridine rings is 1. The molecule has 2 heterocycles. The fourth-order valence-corrected chi connectivity index (χ4v) is 2.28. The van der Waals surface area contributed by atoms with Gasteiger partial charge < -0.3 is 0 Å². The smallest absolute Gasteiger partial charge is 0.250 e. The Morgan fingerprint density at radius 2 is 2.31 bits per heavy atom. The predicted molar refractivity (Wildman–Crippen MR) is 67.0 cm³/mol. The summed E-state index contributed by atoms with van der Waals surface area (Å²) in [4.78, 5) is 11.9. The van der Waals surface area contributed by atoms with Crippen molar-refractivity contribution in [3.8, 4) is 0 Å². The van der Waals surface area contributed by atoms with E-state index in [1.165, 1.54) is 0 Å². The van der Waals surface area contributed by atoms with Crippen LogP contribution in [0.1, 0.15) is 13.3 Å². The molecule has 0 amide bonds. The Bertz CT molecular complexity index is 527. The van der Waals surface area contributed by atoms with Gasteiger partial charge in [-0.3, -0.25) is 4.40 Å². The number of alkyl halides is 1. The number of rotatable bonds is 4. The van der Waals surface area contributed by atoms with E-state index in [0.29, 0.717) is 18.1 Å². The predicted octanol–water partition coefficient (Wildman–Crippen LogP) is 1.92. The number of aromatic nitrogens is 3. The van der Waals surface area contributed by atoms with E-state index in [0.717, 1.165) is 11.8 Å². The SMILES string of the molecule is CCC(CBr)Cn1nc2ccccn2c1=O. The van der Waals surface area contributed by atoms with Gasteiger partial charge in [-0.05, 0) is 18.1 Å². The first-order valence-electron chi connectivity index (χ1n) is 5.36. The topological polar surface area (TPSA) is 39.3 Å². The van der Waals surface area contributed by atoms with Crippen LogP contribution < -0.4 is 5.69 Å². The summed E-state index contributed by atoms with van der Waals surface area (Å²) in [5, 5.41) is 5.19. The fourth-order valence-electron chi connectivity index (χ4n) is 1.62. The number of hydrogen-bond acceptors (Lipinski definition) is 2. The molecule has 0 bridgehead atoms. The summed E-state index contributed by atoms with van der Waals surface area (Å²) in [6.45, 7) is 2.79. The van der Waals surface area contributed by atoms with Crippen molar-refractivity contribution in [3.05, 3.63) is 34.9 Å². The second-order valence-electron chi connectivity index (χ2n) is 3.82. The van der Waals surface area contributed by atoms with E-state index in [9.17, 15) is 4.79 Å². The Balaban J connectivity index is 2.38. The monoisotopic (exact) mass is 283 g/mol. The number of nitrogens with zero attached hydrogens (tertiary/aromatic N) is 3. The largest absolute Gasteiger partial charge is 0.350 e. The molecule has 0 aromatic carbocycles. The van der Waals surface area contributed by atoms with Gasteiger partial charge in [-0.15, -0.1) is 5.10 Å². The van der Waals surface area contributed by atoms with E-state index in [2.05, 4.69) is 28.0 Å². The van der Waals surface area contributed by atoms with E-state index in [1.54, 1.807) is 15.3 Å². The summed E-state index contributed by atoms with van der Waals surface area (Å²) in [6.07, 6.45) is 2.78. The van der Waals surface area contributed by atoms with Gasteiger partial charge in [-0.25, -0.2) is 9.48 Å². The van der Waals surface area contributed by atoms with Crippen LogP contribution in [0, 0.1) is 5.92 Å². The molecule has 4 nitrogen and oxygen atoms in total. The Hall–Kier alpha value is -1.10. The zero-order chi connectivity index (χ0) is 11.5. The molecule has 16 heavy (non-hydrogen) atoms. The third kappa shape index (κ3) is 2.04. The van der Waals surface area contributed by atoms with Crippen LogP contribution in [0.3, 0.4) is 0 Å². The van der Waals surface area contributed by atoms with Gasteiger partial charge >= 0.3 is 5.69 Å². The van der Waals surface area contributed by atoms with Crippen LogP contribution >= 0.6 is 15.9 Å². The van der Waals surface area contributed by atoms with Crippen LogP contribution in [0.25, 0.3) is 5.65 Å². The number of hydrogen-bond donors (Lipinski definition) is 0. The molecule has 0 aliphatic carbocycles. The summed E-state index contributed by atoms with van der Waals surface area (Å²) in [5.41, 5.74) is 0.645. The van der Waals surface area contributed by atoms with Crippen molar-refractivity contribution < 1.29 is 0 Å². The maximum atomic E-state index is 11.9. The van der Waals surface area contributed by atoms with Crippen molar-refractivity contribution in [3.63, 3.8) is 0 Å². The first-order chi connectivity index (χ1) is 7.76. The van der Waals surface area contributed by atoms with Gasteiger partial charge in [0.1, 0.15) is 0 Å². The molecule has 0 spiro atoms. The summed E-state index contributed by atoms with van der Waals surface area (Å²) in [7, 11) is 0. The van der Waals surface area contributed by atoms with Gasteiger partial charge in [0, 0.05) is 11.5 Å². The zero-order valence-corrected chi connectivity index (χ0v) is 10.7. The van der Waals surface area contributed by atoms with Crippen LogP contribution in [-0.4, -0.2) is 19.5 Å². The molecule has 1 atom stereocenters. The van der Waals surface area contributed by atoms with Gasteiger partial charge in [0.25, 0.3) is 0 Å². The molecule has 0 fully saturated rings. The highest BCUT2D eigenvalue weighted by Gasteiger charge is 2.10. The van der Waals surface area contributed by atoms with Gasteiger partial charge in [-0.1, -0.05) is 35.3 Å². The molecular weight excluding hydrogens is 270 g/mol. The van der Waals surface area contributed by atoms with Gasteiger partial charge in [0.2, 0.25) is 0 Å². The van der Waals surface area contributed by atoms with E-state index in [4.69, 9.17) is 0 Å². The summed E-state index contributed by atoms with van der Waals surface area (Å²) >= 11 is 3.45. The standard InChI is InChI=1S/C11H14BrN3O/c1-2-9(7-12)8-15-11(16)14-6-4-3-5-10(14)13-15/h3-6,9H,2,7-8H2,1H3. The van der Waals surface area contributed by atoms with Crippen LogP contribution in [0.15, 0.2) is 29.2 Å². The Morgan fingerprint density at radius 3 is 2.94 bits per heavy atom. The Morgan fingerprint density at radius 1 is 1.50 bits per heavy atom. The van der Waals surface area contributed by atoms with Crippen molar-refractivity contribution >= 4 is 21.6 Å². The number of halogens is 1. The highest BCUT2D eigenvalue weighted by atomic mass is 79.9. The minimum Gasteiger partial charge on any atom is -0.250 e. The molecule has 86 valence electrons. The van der Waals surface area contributed by atoms with Crippen LogP contribution in [0.4, 0.5) is 0 Å². The molecule has 2 rings (SSSR count). The molecule has 0 N–H and O–H groups in total. The molecule has 5 heteroatoms. The molecule has 0 saturated carbocycles. The van der Waals surface area contributed by atoms with Crippen molar-refractivity contribution in [1.29, 1.82) is 0 Å². The quantitative estimate of drug-likeness (QED) is 0.805. The second-order valence-corrected chi connectivity index (χ2v) is 4.47. The average Bonchev–Trinajstić information content (AvgIpc) is 2.64. The molecule has 0 aliphatic heterocycles. The third-order valence-corrected chi connectivity index (χ3v) is 3.63. The fraction of sp³-hybridized carbons (Fsp3) is 0.455. The lowest BCUT2D eigenvalue weighted by Crippen LogP contribution is -2.25. The summed E-state index contributed by atoms with van der Waals surface area (Å²) in [6, 6.07) is 5.56. The normalized spacial score (nSPS) is 13.1. The van der Waals surface area contributed by atoms with E-state index >= 15 is 0 Å². The minimum absolute atomic E-state index is 0.0602. The molecular formula is C11H14BrN3O. The van der Waals surface area contributed by atoms with E-state index in [-0.39, 0.29) is 5.69 Å². The second kappa shape index (κ2) is 4.82. The first kappa shape index (κ1) is 11.4. The van der Waals surface area contributed by atoms with Crippen molar-refractivity contribution in [1.82, 2.24) is 14.2 Å². The van der Waals surface area contributed by atoms with E-state index in [1.807, 2.05) is 18.2 Å². The molecule has 1 unspecified atom stereocenters. The third-order valence-electron chi connectivity index (χ3n) is 2.72. The number of fused-ring (bicyclic) bond motifs is 1. The zero-order valence-electron chi connectivity index (χ0n) is 9.14. The Labute approximate surface area is 102 Å². The van der Waals surface area contributed by atoms with Crippen molar-refractivity contribution in [2.75, 3.05) is 5.33 Å². The molecule has 0 radical (unpaired) electrons. The minimum atomic E-state index is -0.0602. The Kier molecular flexibility index (Phi) is 3.43. The lowest BCUT2D eigenvalue weighted by atomic mass is 10.1. The molecule has 0 aliphatic rings. The molecule has 2 aromatic heterocycles. The highest BCUT2D eigenvalue weighted by molar-refractivity contribution is 9.09. The van der Waals surface area contributed by atoms with Gasteiger partial charge in [-0.2, -0.15) is 0 Å². The summed E-state index contributed by atoms with van der Waals surface area (Å²) < 4.78 is 3.12. The molecule has 0 saturated heterocycles. The van der Waals surface area contributed by atoms with Gasteiger partial charge in [0.15, 0.2) is 5.65 Å². The first-order valence-corrected chi connectivity index (χ1v) is 6.48. The van der Waals surface area contributed by atoms with Crippen molar-refractivity contribution in [2.24, 2.45) is 5.92 Å². The lowest BCUT2D eigenvalue weighted by molar-refractivity contribution is 0.438. The van der Waals surface area contributed by atoms with Crippen molar-refractivity contribution in [2.45, 2.75) is 19.9 Å². The highest BCUT2D eigenvalue weighted by Crippen LogP contribution is 2.08. The van der Waals surface area contributed by atoms with Crippen LogP contribution in [0.2, 0.25) is 0 Å². The van der Waals surface area contributed by atoms with E-state index < -0.39 is 0 Å². The molecule has 2 aromatic rings. The van der Waals surface area contributed by atoms with Crippen LogP contribution in [0.5, 0.6) is 0 Å². The summed E-state index contributed by atoms with van der Waals surface area (Å²) in [5.74, 6) is 0.447. The maximum Gasteiger partial charge on any atom is 0.350 e. The lowest BCUT2D eigenvalue weighted by Gasteiger charge is -2.09. The van der Waals surface area contributed by atoms with Gasteiger partial charge in [0.05, 0.1) is 6.54 Å². The maximum absolute atomic E-state index is 11.9. The van der Waals surface area contributed by atoms with Crippen LogP contribution in [-0.2, 0) is 6.54 Å².